The van der Waals surface area contributed by atoms with Crippen molar-refractivity contribution in [1.82, 2.24) is 13.9 Å². The van der Waals surface area contributed by atoms with Gasteiger partial charge in [-0.2, -0.15) is 0 Å². The molecule has 0 radical (unpaired) electrons. The summed E-state index contributed by atoms with van der Waals surface area (Å²) < 4.78 is 28.4. The highest BCUT2D eigenvalue weighted by atomic mass is 35.5. The fraction of sp³-hybridized carbons (Fsp3) is 0.600. The van der Waals surface area contributed by atoms with Crippen molar-refractivity contribution in [3.8, 4) is 0 Å². The van der Waals surface area contributed by atoms with E-state index in [9.17, 15) is 18.0 Å². The molecule has 0 aliphatic heterocycles. The molecule has 0 unspecified atom stereocenters. The Morgan fingerprint density at radius 3 is 2.25 bits per heavy atom. The number of nitrogens with two attached hydrogens (primary N) is 1. The summed E-state index contributed by atoms with van der Waals surface area (Å²) in [4.78, 5) is 22.9. The summed E-state index contributed by atoms with van der Waals surface area (Å²) in [5.41, 5.74) is 3.09. The minimum atomic E-state index is -4.05. The zero-order valence-electron chi connectivity index (χ0n) is 11.7. The van der Waals surface area contributed by atoms with Crippen LogP contribution in [0.5, 0.6) is 0 Å². The second kappa shape index (κ2) is 6.08. The molecule has 3 N–H and O–H groups in total. The van der Waals surface area contributed by atoms with E-state index >= 15 is 0 Å². The smallest absolute Gasteiger partial charge is 0.329 e. The second-order valence-corrected chi connectivity index (χ2v) is 6.60. The summed E-state index contributed by atoms with van der Waals surface area (Å²) in [6, 6.07) is 0. The van der Waals surface area contributed by atoms with E-state index in [0.717, 1.165) is 15.3 Å². The minimum absolute atomic E-state index is 0. The Balaban J connectivity index is 0.00000361. The number of aromatic nitrogens is 2. The number of nitrogens with zero attached hydrogens (tertiary/aromatic N) is 2. The fourth-order valence-corrected chi connectivity index (χ4v) is 3.00. The third kappa shape index (κ3) is 3.69. The lowest BCUT2D eigenvalue weighted by molar-refractivity contribution is 0.460. The molecule has 0 aliphatic carbocycles. The first-order valence-electron chi connectivity index (χ1n) is 5.52. The zero-order chi connectivity index (χ0) is 15.0. The number of nitrogens with one attached hydrogen (secondary N) is 1. The molecule has 116 valence electrons. The lowest BCUT2D eigenvalue weighted by atomic mass is 10.1. The molecule has 0 saturated carbocycles. The van der Waals surface area contributed by atoms with Gasteiger partial charge >= 0.3 is 5.69 Å². The van der Waals surface area contributed by atoms with Gasteiger partial charge in [0.2, 0.25) is 10.0 Å². The first-order chi connectivity index (χ1) is 8.52. The van der Waals surface area contributed by atoms with E-state index in [1.165, 1.54) is 14.1 Å². The summed E-state index contributed by atoms with van der Waals surface area (Å²) in [5.74, 6) is 0. The van der Waals surface area contributed by atoms with Crippen LogP contribution >= 0.6 is 12.4 Å². The number of hydrogen-bond donors (Lipinski definition) is 2. The van der Waals surface area contributed by atoms with Crippen LogP contribution in [0.2, 0.25) is 0 Å². The summed E-state index contributed by atoms with van der Waals surface area (Å²) in [6.45, 7) is 3.26. The predicted molar refractivity (Wildman–Crippen MR) is 77.6 cm³/mol. The Bertz CT molecular complexity index is 705. The molecule has 0 fully saturated rings. The van der Waals surface area contributed by atoms with E-state index in [2.05, 4.69) is 4.72 Å². The van der Waals surface area contributed by atoms with Gasteiger partial charge in [-0.1, -0.05) is 0 Å². The van der Waals surface area contributed by atoms with Gasteiger partial charge in [-0.15, -0.1) is 12.4 Å². The molecule has 1 heterocycles. The molecule has 8 nitrogen and oxygen atoms in total. The Hall–Kier alpha value is -1.16. The Morgan fingerprint density at radius 2 is 1.80 bits per heavy atom. The first-order valence-corrected chi connectivity index (χ1v) is 7.01. The highest BCUT2D eigenvalue weighted by Gasteiger charge is 2.28. The fourth-order valence-electron chi connectivity index (χ4n) is 1.42. The van der Waals surface area contributed by atoms with E-state index < -0.39 is 31.7 Å². The quantitative estimate of drug-likeness (QED) is 0.700. The van der Waals surface area contributed by atoms with Crippen LogP contribution < -0.4 is 21.7 Å². The summed E-state index contributed by atoms with van der Waals surface area (Å²) in [6.07, 6.45) is 1.000. The highest BCUT2D eigenvalue weighted by molar-refractivity contribution is 7.89. The molecule has 0 bridgehead atoms. The van der Waals surface area contributed by atoms with Gasteiger partial charge in [0.05, 0.1) is 0 Å². The van der Waals surface area contributed by atoms with E-state index in [1.807, 2.05) is 0 Å². The van der Waals surface area contributed by atoms with E-state index in [1.54, 1.807) is 13.8 Å². The topological polar surface area (TPSA) is 116 Å². The van der Waals surface area contributed by atoms with Crippen molar-refractivity contribution in [2.75, 3.05) is 6.54 Å². The Kier molecular flexibility index (Phi) is 5.73. The van der Waals surface area contributed by atoms with Crippen molar-refractivity contribution in [1.29, 1.82) is 0 Å². The maximum absolute atomic E-state index is 12.1. The van der Waals surface area contributed by atoms with Gasteiger partial charge in [-0.3, -0.25) is 9.36 Å². The SMILES string of the molecule is Cl.Cn1cc(S(=O)(=O)NC(C)(C)CN)c(=O)n(C)c1=O. The van der Waals surface area contributed by atoms with Gasteiger partial charge in [0.1, 0.15) is 0 Å². The van der Waals surface area contributed by atoms with Crippen LogP contribution in [0.1, 0.15) is 13.8 Å². The standard InChI is InChI=1S/C10H18N4O4S.ClH/c1-10(2,6-11)12-19(17,18)7-5-13(3)9(16)14(4)8(7)15;/h5,12H,6,11H2,1-4H3;1H. The normalized spacial score (nSPS) is 12.1. The van der Waals surface area contributed by atoms with E-state index in [-0.39, 0.29) is 19.0 Å². The summed E-state index contributed by atoms with van der Waals surface area (Å²) in [7, 11) is -1.46. The molecular formula is C10H19ClN4O4S. The molecule has 1 aromatic heterocycles. The van der Waals surface area contributed by atoms with Crippen LogP contribution in [0.15, 0.2) is 20.7 Å². The largest absolute Gasteiger partial charge is 0.330 e. The third-order valence-corrected chi connectivity index (χ3v) is 4.31. The molecule has 10 heteroatoms. The van der Waals surface area contributed by atoms with Crippen LogP contribution in [0.4, 0.5) is 0 Å². The van der Waals surface area contributed by atoms with E-state index in [0.29, 0.717) is 0 Å². The maximum atomic E-state index is 12.1. The van der Waals surface area contributed by atoms with Crippen LogP contribution in [-0.4, -0.2) is 29.6 Å². The van der Waals surface area contributed by atoms with Crippen molar-refractivity contribution in [2.24, 2.45) is 19.8 Å². The third-order valence-electron chi connectivity index (χ3n) is 2.63. The first kappa shape index (κ1) is 18.8. The van der Waals surface area contributed by atoms with Crippen LogP contribution in [0.3, 0.4) is 0 Å². The van der Waals surface area contributed by atoms with Crippen molar-refractivity contribution < 1.29 is 8.42 Å². The highest BCUT2D eigenvalue weighted by Crippen LogP contribution is 2.07. The predicted octanol–water partition coefficient (Wildman–Crippen LogP) is -1.48. The van der Waals surface area contributed by atoms with Gasteiger partial charge in [0, 0.05) is 32.4 Å². The molecule has 0 saturated heterocycles. The zero-order valence-corrected chi connectivity index (χ0v) is 13.3. The molecule has 0 spiro atoms. The molecular weight excluding hydrogens is 308 g/mol. The van der Waals surface area contributed by atoms with Crippen molar-refractivity contribution in [3.63, 3.8) is 0 Å². The summed E-state index contributed by atoms with van der Waals surface area (Å²) in [5, 5.41) is 0. The van der Waals surface area contributed by atoms with Crippen LogP contribution in [-0.2, 0) is 24.1 Å². The van der Waals surface area contributed by atoms with Gasteiger partial charge in [0.25, 0.3) is 5.56 Å². The summed E-state index contributed by atoms with van der Waals surface area (Å²) >= 11 is 0. The molecule has 20 heavy (non-hydrogen) atoms. The van der Waals surface area contributed by atoms with Gasteiger partial charge in [-0.25, -0.2) is 17.9 Å². The molecule has 0 aliphatic rings. The van der Waals surface area contributed by atoms with Gasteiger partial charge in [0.15, 0.2) is 4.90 Å². The number of sulfonamides is 1. The van der Waals surface area contributed by atoms with E-state index in [4.69, 9.17) is 5.73 Å². The maximum Gasteiger partial charge on any atom is 0.330 e. The molecule has 0 amide bonds. The molecule has 0 atom stereocenters. The van der Waals surface area contributed by atoms with Gasteiger partial charge < -0.3 is 10.3 Å². The molecule has 1 aromatic rings. The lowest BCUT2D eigenvalue weighted by Gasteiger charge is -2.23. The van der Waals surface area contributed by atoms with Crippen molar-refractivity contribution in [3.05, 3.63) is 27.0 Å². The number of rotatable bonds is 4. The lowest BCUT2D eigenvalue weighted by Crippen LogP contribution is -2.50. The van der Waals surface area contributed by atoms with Crippen LogP contribution in [0, 0.1) is 0 Å². The second-order valence-electron chi connectivity index (χ2n) is 4.94. The minimum Gasteiger partial charge on any atom is -0.329 e. The number of aryl methyl sites for hydroxylation is 1. The average molecular weight is 327 g/mol. The Labute approximate surface area is 123 Å². The Morgan fingerprint density at radius 1 is 1.30 bits per heavy atom. The number of halogens is 1. The molecule has 0 aromatic carbocycles. The van der Waals surface area contributed by atoms with Gasteiger partial charge in [-0.05, 0) is 13.8 Å². The van der Waals surface area contributed by atoms with Crippen molar-refractivity contribution in [2.45, 2.75) is 24.3 Å². The average Bonchev–Trinajstić information content (AvgIpc) is 2.29. The van der Waals surface area contributed by atoms with Crippen LogP contribution in [0.25, 0.3) is 0 Å². The monoisotopic (exact) mass is 326 g/mol. The van der Waals surface area contributed by atoms with Crippen molar-refractivity contribution >= 4 is 22.4 Å². The molecule has 1 rings (SSSR count). The number of hydrogen-bond acceptors (Lipinski definition) is 5.